The molecule has 5 nitrogen and oxygen atoms in total. The molecule has 2 aromatic heterocycles. The number of nitrogens with zero attached hydrogens (tertiary/aromatic N) is 4. The highest BCUT2D eigenvalue weighted by atomic mass is 32.1. The molecule has 6 heteroatoms. The van der Waals surface area contributed by atoms with E-state index in [4.69, 9.17) is 4.98 Å². The van der Waals surface area contributed by atoms with Crippen LogP contribution in [0.25, 0.3) is 10.3 Å². The Bertz CT molecular complexity index is 909. The zero-order chi connectivity index (χ0) is 17.9. The lowest BCUT2D eigenvalue weighted by atomic mass is 10.0. The first kappa shape index (κ1) is 17.1. The van der Waals surface area contributed by atoms with Crippen LogP contribution in [0.4, 0.5) is 5.13 Å². The molecule has 0 spiro atoms. The maximum absolute atomic E-state index is 12.8. The topological polar surface area (TPSA) is 59.0 Å². The van der Waals surface area contributed by atoms with Gasteiger partial charge in [0.15, 0.2) is 16.6 Å². The molecule has 134 valence electrons. The molecule has 0 saturated carbocycles. The highest BCUT2D eigenvalue weighted by Crippen LogP contribution is 2.34. The van der Waals surface area contributed by atoms with E-state index in [2.05, 4.69) is 33.9 Å². The Balaban J connectivity index is 1.52. The Labute approximate surface area is 157 Å². The van der Waals surface area contributed by atoms with Gasteiger partial charge in [0.1, 0.15) is 6.33 Å². The lowest BCUT2D eigenvalue weighted by Gasteiger charge is -2.22. The summed E-state index contributed by atoms with van der Waals surface area (Å²) in [6, 6.07) is 10.2. The fourth-order valence-electron chi connectivity index (χ4n) is 3.57. The quantitative estimate of drug-likeness (QED) is 0.664. The van der Waals surface area contributed by atoms with Gasteiger partial charge in [-0.1, -0.05) is 48.6 Å². The number of carbonyl (C=O) groups is 1. The van der Waals surface area contributed by atoms with Crippen molar-refractivity contribution in [3.63, 3.8) is 0 Å². The van der Waals surface area contributed by atoms with E-state index < -0.39 is 0 Å². The molecule has 1 aliphatic rings. The van der Waals surface area contributed by atoms with Crippen molar-refractivity contribution in [1.29, 1.82) is 0 Å². The van der Waals surface area contributed by atoms with Crippen LogP contribution in [-0.4, -0.2) is 33.3 Å². The molecule has 0 unspecified atom stereocenters. The minimum atomic E-state index is -0.0580. The molecule has 1 saturated heterocycles. The summed E-state index contributed by atoms with van der Waals surface area (Å²) >= 11 is 1.62. The highest BCUT2D eigenvalue weighted by molar-refractivity contribution is 7.22. The predicted octanol–water partition coefficient (Wildman–Crippen LogP) is 3.82. The summed E-state index contributed by atoms with van der Waals surface area (Å²) in [7, 11) is 0. The molecule has 1 aromatic carbocycles. The number of carbonyl (C=O) groups excluding carboxylic acids is 1. The van der Waals surface area contributed by atoms with Crippen LogP contribution in [-0.2, 0) is 17.6 Å². The van der Waals surface area contributed by atoms with E-state index in [0.29, 0.717) is 12.2 Å². The maximum Gasteiger partial charge on any atom is 0.188 e. The molecule has 0 radical (unpaired) electrons. The molecule has 0 amide bonds. The van der Waals surface area contributed by atoms with Gasteiger partial charge in [0, 0.05) is 13.0 Å². The van der Waals surface area contributed by atoms with Gasteiger partial charge in [0.05, 0.1) is 16.4 Å². The minimum absolute atomic E-state index is 0.0580. The van der Waals surface area contributed by atoms with Crippen LogP contribution in [0.3, 0.4) is 0 Å². The first-order valence-corrected chi connectivity index (χ1v) is 10.0. The Morgan fingerprint density at radius 3 is 2.92 bits per heavy atom. The number of rotatable bonds is 6. The molecule has 0 N–H and O–H groups in total. The predicted molar refractivity (Wildman–Crippen MR) is 105 cm³/mol. The lowest BCUT2D eigenvalue weighted by Crippen LogP contribution is -2.36. The molecule has 1 aliphatic heterocycles. The van der Waals surface area contributed by atoms with E-state index in [-0.39, 0.29) is 6.04 Å². The monoisotopic (exact) mass is 366 g/mol. The molecule has 26 heavy (non-hydrogen) atoms. The van der Waals surface area contributed by atoms with Crippen molar-refractivity contribution >= 4 is 32.6 Å². The first-order chi connectivity index (χ1) is 12.8. The van der Waals surface area contributed by atoms with E-state index in [9.17, 15) is 4.79 Å². The molecule has 1 fully saturated rings. The van der Waals surface area contributed by atoms with Crippen LogP contribution >= 0.6 is 11.3 Å². The standard InChI is InChI=1S/C20H22N4OS/c1-2-15-18-19(22-13-21-15)23-20(26-18)24-12-6-9-16(24)17(25)11-10-14-7-4-3-5-8-14/h3-5,7-8,13,16H,2,6,9-12H2,1H3/t16-/m1/s1. The van der Waals surface area contributed by atoms with Gasteiger partial charge in [-0.2, -0.15) is 4.98 Å². The van der Waals surface area contributed by atoms with Gasteiger partial charge in [-0.25, -0.2) is 9.97 Å². The molecule has 3 heterocycles. The van der Waals surface area contributed by atoms with Gasteiger partial charge in [-0.05, 0) is 31.2 Å². The van der Waals surface area contributed by atoms with Gasteiger partial charge < -0.3 is 4.90 Å². The van der Waals surface area contributed by atoms with E-state index in [1.165, 1.54) is 5.56 Å². The van der Waals surface area contributed by atoms with Crippen LogP contribution in [0.15, 0.2) is 36.7 Å². The second-order valence-corrected chi connectivity index (χ2v) is 7.60. The van der Waals surface area contributed by atoms with Crippen molar-refractivity contribution in [2.24, 2.45) is 0 Å². The van der Waals surface area contributed by atoms with Gasteiger partial charge in [0.25, 0.3) is 0 Å². The Morgan fingerprint density at radius 2 is 2.12 bits per heavy atom. The van der Waals surface area contributed by atoms with Crippen molar-refractivity contribution in [3.05, 3.63) is 47.9 Å². The number of thiazole rings is 1. The smallest absolute Gasteiger partial charge is 0.188 e. The average molecular weight is 366 g/mol. The largest absolute Gasteiger partial charge is 0.338 e. The van der Waals surface area contributed by atoms with Crippen molar-refractivity contribution in [1.82, 2.24) is 15.0 Å². The van der Waals surface area contributed by atoms with Crippen LogP contribution in [0.1, 0.15) is 37.4 Å². The van der Waals surface area contributed by atoms with Gasteiger partial charge >= 0.3 is 0 Å². The van der Waals surface area contributed by atoms with Crippen LogP contribution in [0, 0.1) is 0 Å². The van der Waals surface area contributed by atoms with E-state index in [0.717, 1.165) is 53.4 Å². The Morgan fingerprint density at radius 1 is 1.27 bits per heavy atom. The maximum atomic E-state index is 12.8. The van der Waals surface area contributed by atoms with E-state index in [1.54, 1.807) is 17.7 Å². The summed E-state index contributed by atoms with van der Waals surface area (Å²) < 4.78 is 1.05. The van der Waals surface area contributed by atoms with Gasteiger partial charge in [0.2, 0.25) is 0 Å². The minimum Gasteiger partial charge on any atom is -0.338 e. The summed E-state index contributed by atoms with van der Waals surface area (Å²) in [5.41, 5.74) is 3.00. The number of hydrogen-bond acceptors (Lipinski definition) is 6. The van der Waals surface area contributed by atoms with E-state index in [1.807, 2.05) is 18.2 Å². The molecular formula is C20H22N4OS. The average Bonchev–Trinajstić information content (AvgIpc) is 3.33. The molecule has 4 rings (SSSR count). The summed E-state index contributed by atoms with van der Waals surface area (Å²) in [5.74, 6) is 0.312. The second-order valence-electron chi connectivity index (χ2n) is 6.63. The number of hydrogen-bond donors (Lipinski definition) is 0. The van der Waals surface area contributed by atoms with Crippen molar-refractivity contribution in [3.8, 4) is 0 Å². The number of aromatic nitrogens is 3. The lowest BCUT2D eigenvalue weighted by molar-refractivity contribution is -0.120. The van der Waals surface area contributed by atoms with Crippen molar-refractivity contribution < 1.29 is 4.79 Å². The zero-order valence-corrected chi connectivity index (χ0v) is 15.7. The third-order valence-electron chi connectivity index (χ3n) is 4.96. The van der Waals surface area contributed by atoms with Crippen LogP contribution < -0.4 is 4.90 Å². The number of anilines is 1. The van der Waals surface area contributed by atoms with Crippen LogP contribution in [0.5, 0.6) is 0 Å². The van der Waals surface area contributed by atoms with Gasteiger partial charge in [-0.15, -0.1) is 0 Å². The number of benzene rings is 1. The van der Waals surface area contributed by atoms with Crippen LogP contribution in [0.2, 0.25) is 0 Å². The highest BCUT2D eigenvalue weighted by Gasteiger charge is 2.32. The fourth-order valence-corrected chi connectivity index (χ4v) is 4.73. The number of aryl methyl sites for hydroxylation is 2. The Hall–Kier alpha value is -2.34. The second kappa shape index (κ2) is 7.50. The summed E-state index contributed by atoms with van der Waals surface area (Å²) in [6.45, 7) is 2.98. The SMILES string of the molecule is CCc1ncnc2nc(N3CCC[C@@H]3C(=O)CCc3ccccc3)sc12. The molecule has 1 atom stereocenters. The molecular weight excluding hydrogens is 344 g/mol. The summed E-state index contributed by atoms with van der Waals surface area (Å²) in [6.07, 6.45) is 5.77. The molecule has 0 aliphatic carbocycles. The number of Topliss-reactive ketones (excluding diaryl/α,β-unsaturated/α-hetero) is 1. The van der Waals surface area contributed by atoms with E-state index >= 15 is 0 Å². The van der Waals surface area contributed by atoms with Crippen molar-refractivity contribution in [2.45, 2.75) is 45.1 Å². The fraction of sp³-hybridized carbons (Fsp3) is 0.400. The zero-order valence-electron chi connectivity index (χ0n) is 14.9. The number of ketones is 1. The Kier molecular flexibility index (Phi) is 4.93. The molecule has 3 aromatic rings. The van der Waals surface area contributed by atoms with Gasteiger partial charge in [-0.3, -0.25) is 4.79 Å². The normalized spacial score (nSPS) is 17.1. The molecule has 0 bridgehead atoms. The third-order valence-corrected chi connectivity index (χ3v) is 6.09. The first-order valence-electron chi connectivity index (χ1n) is 9.20. The third kappa shape index (κ3) is 3.33. The summed E-state index contributed by atoms with van der Waals surface area (Å²) in [4.78, 5) is 28.4. The number of fused-ring (bicyclic) bond motifs is 1. The van der Waals surface area contributed by atoms with Crippen molar-refractivity contribution in [2.75, 3.05) is 11.4 Å². The summed E-state index contributed by atoms with van der Waals surface area (Å²) in [5, 5.41) is 0.908.